The van der Waals surface area contributed by atoms with Crippen molar-refractivity contribution in [2.45, 2.75) is 38.6 Å². The van der Waals surface area contributed by atoms with Crippen LogP contribution in [0.3, 0.4) is 0 Å². The maximum absolute atomic E-state index is 13.3. The van der Waals surface area contributed by atoms with Crippen molar-refractivity contribution in [2.75, 3.05) is 25.0 Å². The highest BCUT2D eigenvalue weighted by Gasteiger charge is 2.26. The molecule has 1 N–H and O–H groups in total. The zero-order valence-corrected chi connectivity index (χ0v) is 21.3. The van der Waals surface area contributed by atoms with Gasteiger partial charge in [0.1, 0.15) is 0 Å². The first-order chi connectivity index (χ1) is 18.0. The molecule has 0 saturated carbocycles. The van der Waals surface area contributed by atoms with Gasteiger partial charge in [-0.25, -0.2) is 4.79 Å². The first-order valence-electron chi connectivity index (χ1n) is 13.0. The van der Waals surface area contributed by atoms with Crippen LogP contribution in [0.25, 0.3) is 0 Å². The van der Waals surface area contributed by atoms with E-state index < -0.39 is 0 Å². The Balaban J connectivity index is 1.37. The fraction of sp³-hybridized carbons (Fsp3) is 0.323. The van der Waals surface area contributed by atoms with E-state index in [9.17, 15) is 14.9 Å². The zero-order chi connectivity index (χ0) is 26.0. The Morgan fingerprint density at radius 2 is 1.68 bits per heavy atom. The molecule has 0 aliphatic carbocycles. The van der Waals surface area contributed by atoms with E-state index in [1.807, 2.05) is 48.2 Å². The Morgan fingerprint density at radius 1 is 1.00 bits per heavy atom. The van der Waals surface area contributed by atoms with Crippen molar-refractivity contribution in [3.8, 4) is 6.07 Å². The maximum Gasteiger partial charge on any atom is 0.322 e. The average Bonchev–Trinajstić information content (AvgIpc) is 2.94. The lowest BCUT2D eigenvalue weighted by Crippen LogP contribution is -2.42. The molecule has 0 spiro atoms. The van der Waals surface area contributed by atoms with E-state index in [1.54, 1.807) is 29.2 Å². The topological polar surface area (TPSA) is 76.4 Å². The highest BCUT2D eigenvalue weighted by molar-refractivity contribution is 5.90. The van der Waals surface area contributed by atoms with Crippen LogP contribution >= 0.6 is 0 Å². The summed E-state index contributed by atoms with van der Waals surface area (Å²) >= 11 is 0. The number of nitrogens with zero attached hydrogens (tertiary/aromatic N) is 3. The summed E-state index contributed by atoms with van der Waals surface area (Å²) in [7, 11) is 0. The first-order valence-corrected chi connectivity index (χ1v) is 13.0. The van der Waals surface area contributed by atoms with Gasteiger partial charge >= 0.3 is 6.03 Å². The highest BCUT2D eigenvalue weighted by Crippen LogP contribution is 2.24. The normalized spacial score (nSPS) is 14.4. The number of hydrogen-bond donors (Lipinski definition) is 1. The second kappa shape index (κ2) is 12.7. The van der Waals surface area contributed by atoms with E-state index in [0.29, 0.717) is 23.7 Å². The molecule has 3 amide bonds. The molecule has 1 aliphatic heterocycles. The highest BCUT2D eigenvalue weighted by atomic mass is 16.2. The Hall–Kier alpha value is -4.11. The number of hydrogen-bond acceptors (Lipinski definition) is 3. The van der Waals surface area contributed by atoms with Crippen LogP contribution in [0, 0.1) is 17.2 Å². The lowest BCUT2D eigenvalue weighted by Gasteiger charge is -2.34. The molecule has 1 saturated heterocycles. The summed E-state index contributed by atoms with van der Waals surface area (Å²) in [5, 5.41) is 12.1. The van der Waals surface area contributed by atoms with Crippen molar-refractivity contribution < 1.29 is 9.59 Å². The number of amides is 3. The van der Waals surface area contributed by atoms with E-state index in [1.165, 1.54) is 5.56 Å². The van der Waals surface area contributed by atoms with Crippen LogP contribution in [-0.2, 0) is 11.2 Å². The minimum Gasteiger partial charge on any atom is -0.343 e. The number of likely N-dealkylation sites (tertiary alicyclic amines) is 1. The molecule has 190 valence electrons. The van der Waals surface area contributed by atoms with Gasteiger partial charge in [-0.15, -0.1) is 0 Å². The van der Waals surface area contributed by atoms with Crippen LogP contribution in [0.4, 0.5) is 10.5 Å². The molecule has 6 heteroatoms. The van der Waals surface area contributed by atoms with Crippen molar-refractivity contribution in [3.63, 3.8) is 0 Å². The number of anilines is 1. The molecule has 0 radical (unpaired) electrons. The summed E-state index contributed by atoms with van der Waals surface area (Å²) in [6.07, 6.45) is 3.32. The minimum atomic E-state index is -0.291. The van der Waals surface area contributed by atoms with Crippen molar-refractivity contribution in [1.82, 2.24) is 9.80 Å². The van der Waals surface area contributed by atoms with Crippen LogP contribution in [0.2, 0.25) is 0 Å². The molecule has 1 heterocycles. The molecule has 3 aromatic carbocycles. The first kappa shape index (κ1) is 26.0. The van der Waals surface area contributed by atoms with E-state index in [4.69, 9.17) is 0 Å². The monoisotopic (exact) mass is 494 g/mol. The molecule has 37 heavy (non-hydrogen) atoms. The summed E-state index contributed by atoms with van der Waals surface area (Å²) in [4.78, 5) is 30.1. The van der Waals surface area contributed by atoms with Gasteiger partial charge in [-0.1, -0.05) is 66.7 Å². The van der Waals surface area contributed by atoms with Gasteiger partial charge < -0.3 is 15.1 Å². The van der Waals surface area contributed by atoms with E-state index in [-0.39, 0.29) is 24.4 Å². The maximum atomic E-state index is 13.3. The number of piperidine rings is 1. The quantitative estimate of drug-likeness (QED) is 0.416. The second-order valence-electron chi connectivity index (χ2n) is 9.67. The van der Waals surface area contributed by atoms with Crippen molar-refractivity contribution in [2.24, 2.45) is 5.92 Å². The molecular formula is C31H34N4O2. The van der Waals surface area contributed by atoms with Gasteiger partial charge in [0.2, 0.25) is 5.91 Å². The summed E-state index contributed by atoms with van der Waals surface area (Å²) in [5.74, 6) is 0.679. The molecule has 0 aromatic heterocycles. The predicted octanol–water partition coefficient (Wildman–Crippen LogP) is 6.02. The number of nitrogens with one attached hydrogen (secondary N) is 1. The van der Waals surface area contributed by atoms with Gasteiger partial charge in [0.15, 0.2) is 0 Å². The molecule has 1 fully saturated rings. The fourth-order valence-corrected chi connectivity index (χ4v) is 4.95. The summed E-state index contributed by atoms with van der Waals surface area (Å²) in [5.41, 5.74) is 3.38. The summed E-state index contributed by atoms with van der Waals surface area (Å²) < 4.78 is 0. The third-order valence-corrected chi connectivity index (χ3v) is 7.15. The van der Waals surface area contributed by atoms with Crippen LogP contribution in [0.15, 0.2) is 84.9 Å². The van der Waals surface area contributed by atoms with Gasteiger partial charge in [-0.2, -0.15) is 5.26 Å². The number of rotatable bonds is 8. The largest absolute Gasteiger partial charge is 0.343 e. The van der Waals surface area contributed by atoms with Crippen molar-refractivity contribution >= 4 is 17.6 Å². The lowest BCUT2D eigenvalue weighted by atomic mass is 9.90. The van der Waals surface area contributed by atoms with Gasteiger partial charge in [-0.3, -0.25) is 4.79 Å². The molecule has 1 aliphatic rings. The van der Waals surface area contributed by atoms with E-state index in [2.05, 4.69) is 35.7 Å². The zero-order valence-electron chi connectivity index (χ0n) is 21.3. The van der Waals surface area contributed by atoms with Crippen LogP contribution < -0.4 is 5.32 Å². The third-order valence-electron chi connectivity index (χ3n) is 7.15. The second-order valence-corrected chi connectivity index (χ2v) is 9.67. The number of nitriles is 1. The van der Waals surface area contributed by atoms with Gasteiger partial charge in [-0.05, 0) is 61.4 Å². The van der Waals surface area contributed by atoms with Gasteiger partial charge in [0.05, 0.1) is 17.7 Å². The van der Waals surface area contributed by atoms with Crippen molar-refractivity contribution in [1.29, 1.82) is 5.26 Å². The lowest BCUT2D eigenvalue weighted by molar-refractivity contribution is -0.132. The number of carbonyl (C=O) groups is 2. The number of benzene rings is 3. The molecular weight excluding hydrogens is 460 g/mol. The molecule has 0 bridgehead atoms. The Kier molecular flexibility index (Phi) is 8.93. The molecule has 1 atom stereocenters. The standard InChI is InChI=1S/C31H34N4O2/c1-24(28-12-6-3-7-13-28)35(31(37)33-29-14-8-11-27(22-29)23-32)20-17-30(36)34-18-15-26(16-19-34)21-25-9-4-2-5-10-25/h2-14,22,24,26H,15-21H2,1H3,(H,33,37). The number of carbonyl (C=O) groups excluding carboxylic acids is 2. The minimum absolute atomic E-state index is 0.0858. The average molecular weight is 495 g/mol. The van der Waals surface area contributed by atoms with Gasteiger partial charge in [0, 0.05) is 31.7 Å². The Labute approximate surface area is 219 Å². The molecule has 6 nitrogen and oxygen atoms in total. The molecule has 1 unspecified atom stereocenters. The smallest absolute Gasteiger partial charge is 0.322 e. The van der Waals surface area contributed by atoms with E-state index >= 15 is 0 Å². The number of urea groups is 1. The third kappa shape index (κ3) is 7.20. The van der Waals surface area contributed by atoms with Gasteiger partial charge in [0.25, 0.3) is 0 Å². The van der Waals surface area contributed by atoms with Crippen LogP contribution in [0.5, 0.6) is 0 Å². The van der Waals surface area contributed by atoms with Crippen LogP contribution in [-0.4, -0.2) is 41.4 Å². The predicted molar refractivity (Wildman–Crippen MR) is 146 cm³/mol. The van der Waals surface area contributed by atoms with E-state index in [0.717, 1.165) is 37.9 Å². The molecule has 3 aromatic rings. The SMILES string of the molecule is CC(c1ccccc1)N(CCC(=O)N1CCC(Cc2ccccc2)CC1)C(=O)Nc1cccc(C#N)c1. The summed E-state index contributed by atoms with van der Waals surface area (Å²) in [6, 6.07) is 28.8. The fourth-order valence-electron chi connectivity index (χ4n) is 4.95. The summed E-state index contributed by atoms with van der Waals surface area (Å²) in [6.45, 7) is 3.80. The van der Waals surface area contributed by atoms with Crippen molar-refractivity contribution in [3.05, 3.63) is 102 Å². The molecule has 4 rings (SSSR count). The Bertz CT molecular complexity index is 1210. The van der Waals surface area contributed by atoms with Crippen LogP contribution in [0.1, 0.15) is 48.9 Å². The Morgan fingerprint density at radius 3 is 2.35 bits per heavy atom.